The lowest BCUT2D eigenvalue weighted by atomic mass is 10.0. The van der Waals surface area contributed by atoms with Crippen LogP contribution in [-0.4, -0.2) is 21.6 Å². The number of phenols is 1. The van der Waals surface area contributed by atoms with E-state index in [9.17, 15) is 18.3 Å². The van der Waals surface area contributed by atoms with Crippen molar-refractivity contribution in [1.82, 2.24) is 0 Å². The average Bonchev–Trinajstić information content (AvgIpc) is 1.58. The number of thiocarbonyl (C=S) groups is 1. The first kappa shape index (κ1) is 111. The van der Waals surface area contributed by atoms with Crippen LogP contribution in [0.15, 0.2) is 42.5 Å². The molecule has 2 aromatic carbocycles. The fourth-order valence-electron chi connectivity index (χ4n) is 6.57. The maximum Gasteiger partial charge on any atom is 0.407 e. The van der Waals surface area contributed by atoms with Crippen LogP contribution in [-0.2, 0) is 6.18 Å². The minimum Gasteiger partial charge on any atom is -0.508 e. The Kier molecular flexibility index (Phi) is 64.5. The van der Waals surface area contributed by atoms with Gasteiger partial charge in [0, 0.05) is 621 Å². The third-order valence-electron chi connectivity index (χ3n) is 11.6. The predicted octanol–water partition coefficient (Wildman–Crippen LogP) is 6.05. The molecule has 143 heavy (non-hydrogen) atoms. The number of anilines is 2. The minimum absolute atomic E-state index is 0.00531. The second-order valence-electron chi connectivity index (χ2n) is 20.9. The zero-order valence-corrected chi connectivity index (χ0v) is 73.6. The Labute approximate surface area is 839 Å². The number of halogens is 3. The van der Waals surface area contributed by atoms with Crippen molar-refractivity contribution in [2.75, 3.05) is 9.80 Å². The van der Waals surface area contributed by atoms with E-state index in [0.717, 1.165) is 12.1 Å². The maximum absolute atomic E-state index is 13.3. The van der Waals surface area contributed by atoms with Crippen molar-refractivity contribution >= 4 is 40.2 Å². The Hall–Kier alpha value is -28.3. The highest BCUT2D eigenvalue weighted by Crippen LogP contribution is 2.42. The topological polar surface area (TPSA) is 78.7 Å². The first-order valence-electron chi connectivity index (χ1n) is 36.8. The monoisotopic (exact) mass is 1790 g/mol. The molecule has 0 saturated carbocycles. The molecule has 1 fully saturated rings. The Morgan fingerprint density at radius 3 is 0.552 bits per heavy atom. The van der Waals surface area contributed by atoms with Gasteiger partial charge < -0.3 is 10.0 Å². The Bertz CT molecular complexity index is 9850. The number of nitrogens with one attached hydrogen (secondary N) is 1. The summed E-state index contributed by atoms with van der Waals surface area (Å²) in [4.78, 5) is 5.83. The number of aromatic hydroxyl groups is 1. The molecule has 0 unspecified atom stereocenters. The minimum atomic E-state index is -4.70. The van der Waals surface area contributed by atoms with E-state index < -0.39 is 23.0 Å². The summed E-state index contributed by atoms with van der Waals surface area (Å²) < 4.78 is 40.0. The lowest BCUT2D eigenvalue weighted by Gasteiger charge is -2.30. The van der Waals surface area contributed by atoms with Gasteiger partial charge >= 0.3 is 6.18 Å². The molecule has 3 rings (SSSR count). The highest BCUT2D eigenvalue weighted by atomic mass is 32.1. The van der Waals surface area contributed by atoms with Gasteiger partial charge in [0.05, 0.1) is 17.7 Å². The molecule has 1 saturated heterocycles. The molecule has 10 heteroatoms. The lowest BCUT2D eigenvalue weighted by molar-refractivity contribution is -0.136. The van der Waals surface area contributed by atoms with Gasteiger partial charge in [-0.3, -0.25) is 10.3 Å². The van der Waals surface area contributed by atoms with Gasteiger partial charge in [-0.15, -0.1) is 0 Å². The highest BCUT2D eigenvalue weighted by molar-refractivity contribution is 7.81. The summed E-state index contributed by atoms with van der Waals surface area (Å²) in [6.07, 6.45) is -4.70. The van der Waals surface area contributed by atoms with Crippen molar-refractivity contribution in [3.63, 3.8) is 0 Å². The Balaban J connectivity index is 0.00000208. The van der Waals surface area contributed by atoms with E-state index in [1.807, 2.05) is 0 Å². The molecule has 6 nitrogen and oxygen atoms in total. The van der Waals surface area contributed by atoms with Crippen molar-refractivity contribution in [3.8, 4) is 675 Å². The molecule has 0 atom stereocenters. The lowest BCUT2D eigenvalue weighted by Crippen LogP contribution is -2.44. The number of amidine groups is 1. The molecule has 2 aromatic rings. The van der Waals surface area contributed by atoms with Crippen molar-refractivity contribution in [3.05, 3.63) is 59.4 Å². The summed E-state index contributed by atoms with van der Waals surface area (Å²) in [6, 6.07) is 11.0. The predicted molar refractivity (Wildman–Crippen MR) is 552 cm³/mol. The summed E-state index contributed by atoms with van der Waals surface area (Å²) in [5, 5.41) is 26.4. The van der Waals surface area contributed by atoms with E-state index in [0.29, 0.717) is 5.69 Å². The second kappa shape index (κ2) is 83.3. The van der Waals surface area contributed by atoms with Gasteiger partial charge in [0.1, 0.15) is 11.6 Å². The quantitative estimate of drug-likeness (QED) is 0.218. The van der Waals surface area contributed by atoms with Crippen molar-refractivity contribution in [1.29, 1.82) is 10.7 Å². The van der Waals surface area contributed by atoms with Crippen LogP contribution in [0.1, 0.15) is 26.3 Å². The number of hydrogen-bond acceptors (Lipinski definition) is 4. The molecule has 1 heterocycles. The van der Waals surface area contributed by atoms with Crippen molar-refractivity contribution in [2.45, 2.75) is 32.5 Å². The molecule has 0 bridgehead atoms. The number of hydrogen-bond donors (Lipinski definition) is 2. The first-order valence-corrected chi connectivity index (χ1v) is 37.2. The van der Waals surface area contributed by atoms with Gasteiger partial charge in [0.2, 0.25) is 0 Å². The molecular formula is C133H18F3N5OS. The molecule has 608 valence electrons. The van der Waals surface area contributed by atoms with Crippen molar-refractivity contribution < 1.29 is 18.3 Å². The zero-order valence-electron chi connectivity index (χ0n) is 72.8. The fourth-order valence-corrected chi connectivity index (χ4v) is 7.10. The van der Waals surface area contributed by atoms with Crippen LogP contribution in [0.25, 0.3) is 4.85 Å². The van der Waals surface area contributed by atoms with Crippen molar-refractivity contribution in [2.24, 2.45) is 0 Å². The zero-order chi connectivity index (χ0) is 103. The van der Waals surface area contributed by atoms with Crippen LogP contribution in [0.3, 0.4) is 0 Å². The molecule has 1 aliphatic heterocycles. The summed E-state index contributed by atoms with van der Waals surface area (Å²) in [7, 11) is 0. The van der Waals surface area contributed by atoms with E-state index in [-0.39, 0.29) is 22.4 Å². The van der Waals surface area contributed by atoms with Gasteiger partial charge in [-0.05, 0) is 117 Å². The van der Waals surface area contributed by atoms with Crippen LogP contribution in [0.2, 0.25) is 0 Å². The highest BCUT2D eigenvalue weighted by Gasteiger charge is 2.48. The summed E-state index contributed by atoms with van der Waals surface area (Å²) in [6.45, 7) is 12.1. The van der Waals surface area contributed by atoms with Gasteiger partial charge in [-0.25, -0.2) is 4.85 Å². The number of alkyl halides is 3. The molecule has 0 radical (unpaired) electrons. The van der Waals surface area contributed by atoms with E-state index in [1.54, 1.807) is 43.9 Å². The number of benzene rings is 2. The number of nitrogens with zero attached hydrogens (tertiary/aromatic N) is 4. The van der Waals surface area contributed by atoms with Gasteiger partial charge in [-0.1, -0.05) is 12.0 Å². The fraction of sp³-hybridized carbons (Fsp3) is 0.0376. The smallest absolute Gasteiger partial charge is 0.407 e. The summed E-state index contributed by atoms with van der Waals surface area (Å²) in [5.41, 5.74) is -1.87. The third kappa shape index (κ3) is 65.9. The van der Waals surface area contributed by atoms with Gasteiger partial charge in [0.15, 0.2) is 16.9 Å². The first-order chi connectivity index (χ1) is 70.4. The normalized spacial score (nSPS) is 6.41. The van der Waals surface area contributed by atoms with Crippen LogP contribution in [0.5, 0.6) is 5.75 Å². The second-order valence-corrected chi connectivity index (χ2v) is 21.3. The molecule has 0 aliphatic carbocycles. The molecular weight excluding hydrogens is 1770 g/mol. The standard InChI is InChI=1S/C114H3N.C19H15F3N4OS/c1-2-3-4-5-6-7-8-9-10-11-12-13-14-15-16-17-18-19-20-21-22-23-24-25-26-27-28-29-30-31-32-33-34-35-36-37-38-39-40-41-42-43-44-45-46-47-48-49-50-51-52-53-54-55-56-57-58-59-60-61-62-63-64-65-66-67-68-69-70-71-72-73-74-75-76-77-78-79-80-81-82-83-84-85-86-87-88-89-90-91-92-93-94-95-96-97-98-99-100-101-102-103-104-105-106-107-108-109-110-111-112-113-114-115;1-18(2)16(23)25(17(28)26(18)11-4-7-13(27)8-5-11)12-6-9-15(24-3)14(10-12)19(20,21)22/h1H3;4-10,23,27H,1-2H3. The molecule has 0 aromatic heterocycles. The van der Waals surface area contributed by atoms with E-state index in [4.69, 9.17) is 29.5 Å². The van der Waals surface area contributed by atoms with Crippen LogP contribution >= 0.6 is 12.2 Å². The van der Waals surface area contributed by atoms with Crippen LogP contribution < -0.4 is 9.80 Å². The van der Waals surface area contributed by atoms with E-state index in [2.05, 4.69) is 668 Å². The summed E-state index contributed by atoms with van der Waals surface area (Å²) >= 11 is 5.49. The average molecular weight is 1790 g/mol. The molecule has 0 spiro atoms. The Morgan fingerprint density at radius 1 is 0.266 bits per heavy atom. The molecule has 0 amide bonds. The van der Waals surface area contributed by atoms with Gasteiger partial charge in [0.25, 0.3) is 0 Å². The van der Waals surface area contributed by atoms with E-state index >= 15 is 0 Å². The Morgan fingerprint density at radius 2 is 0.413 bits per heavy atom. The SMILES string of the molecule is CC#CC#CC#CC#CC#CC#CC#CC#CC#CC#CC#CC#CC#CC#CC#CC#CC#CC#CC#CC#CC#CC#CC#CC#CC#CC#CC#CC#CC#CC#CC#CC#CC#CC#CC#CC#CC#CC#CC#CC#CC#CC#CC#CC#CC#CC#CC#CC#CC#CC#CC#CC#CC#CC#CC#CC#CC#N.[C-]#[N+]c1ccc(N2C(=N)C(C)(C)N(c3ccc(O)cc3)C2=S)cc1C(F)(F)F. The molecule has 2 N–H and O–H groups in total. The third-order valence-corrected chi connectivity index (χ3v) is 11.9. The van der Waals surface area contributed by atoms with Gasteiger partial charge in [-0.2, -0.15) is 18.4 Å². The summed E-state index contributed by atoms with van der Waals surface area (Å²) in [5.74, 6) is 279. The number of nitriles is 1. The molecule has 1 aliphatic rings. The van der Waals surface area contributed by atoms with Crippen LogP contribution in [0, 0.1) is 686 Å². The van der Waals surface area contributed by atoms with E-state index in [1.165, 1.54) is 23.1 Å². The van der Waals surface area contributed by atoms with Crippen LogP contribution in [0.4, 0.5) is 30.2 Å². The maximum atomic E-state index is 13.3. The number of phenolic OH excluding ortho intramolecular Hbond substituents is 1. The number of rotatable bonds is 2. The largest absolute Gasteiger partial charge is 0.508 e.